The topological polar surface area (TPSA) is 63.6 Å². The normalized spacial score (nSPS) is 12.1. The van der Waals surface area contributed by atoms with Crippen molar-refractivity contribution in [3.05, 3.63) is 0 Å². The van der Waals surface area contributed by atoms with Crippen LogP contribution in [-0.2, 0) is 14.3 Å². The largest absolute Gasteiger partial charge is 0.481 e. The highest BCUT2D eigenvalue weighted by Crippen LogP contribution is 2.19. The van der Waals surface area contributed by atoms with Gasteiger partial charge in [-0.15, -0.1) is 0 Å². The number of ether oxygens (including phenoxy) is 1. The van der Waals surface area contributed by atoms with Crippen molar-refractivity contribution in [2.45, 2.75) is 97.3 Å². The van der Waals surface area contributed by atoms with Crippen LogP contribution in [0, 0.1) is 5.92 Å². The van der Waals surface area contributed by atoms with E-state index in [0.29, 0.717) is 13.0 Å². The Morgan fingerprint density at radius 1 is 0.826 bits per heavy atom. The molecule has 0 spiro atoms. The minimum Gasteiger partial charge on any atom is -0.481 e. The fourth-order valence-electron chi connectivity index (χ4n) is 2.67. The van der Waals surface area contributed by atoms with Crippen molar-refractivity contribution in [1.29, 1.82) is 0 Å². The Morgan fingerprint density at radius 2 is 1.43 bits per heavy atom. The lowest BCUT2D eigenvalue weighted by Gasteiger charge is -2.15. The third kappa shape index (κ3) is 14.3. The highest BCUT2D eigenvalue weighted by molar-refractivity contribution is 5.72. The van der Waals surface area contributed by atoms with E-state index in [4.69, 9.17) is 9.84 Å². The van der Waals surface area contributed by atoms with E-state index < -0.39 is 5.97 Å². The Balaban J connectivity index is 3.82. The fourth-order valence-corrected chi connectivity index (χ4v) is 2.67. The number of carbonyl (C=O) groups is 2. The highest BCUT2D eigenvalue weighted by atomic mass is 16.5. The third-order valence-electron chi connectivity index (χ3n) is 4.17. The Hall–Kier alpha value is -1.06. The Morgan fingerprint density at radius 3 is 2.09 bits per heavy atom. The first-order valence-corrected chi connectivity index (χ1v) is 9.50. The summed E-state index contributed by atoms with van der Waals surface area (Å²) in [6.45, 7) is 4.82. The molecule has 23 heavy (non-hydrogen) atoms. The predicted molar refractivity (Wildman–Crippen MR) is 93.5 cm³/mol. The fraction of sp³-hybridized carbons (Fsp3) is 0.895. The van der Waals surface area contributed by atoms with Crippen LogP contribution in [0.2, 0.25) is 0 Å². The standard InChI is InChI=1S/C19H36O4/c1-3-5-7-10-14-17(13-6-4-2)19(22)23-16-12-9-8-11-15-18(20)21/h17H,3-16H2,1-2H3,(H,20,21). The molecule has 0 aromatic carbocycles. The number of rotatable bonds is 16. The maximum Gasteiger partial charge on any atom is 0.308 e. The van der Waals surface area contributed by atoms with Gasteiger partial charge in [-0.1, -0.05) is 65.2 Å². The van der Waals surface area contributed by atoms with E-state index in [0.717, 1.165) is 51.4 Å². The van der Waals surface area contributed by atoms with Crippen molar-refractivity contribution in [2.24, 2.45) is 5.92 Å². The van der Waals surface area contributed by atoms with Gasteiger partial charge in [-0.05, 0) is 25.7 Å². The molecule has 0 aliphatic rings. The molecule has 4 heteroatoms. The Labute approximate surface area is 142 Å². The summed E-state index contributed by atoms with van der Waals surface area (Å²) >= 11 is 0. The summed E-state index contributed by atoms with van der Waals surface area (Å²) < 4.78 is 5.43. The number of esters is 1. The molecule has 0 amide bonds. The number of carbonyl (C=O) groups excluding carboxylic acids is 1. The summed E-state index contributed by atoms with van der Waals surface area (Å²) in [4.78, 5) is 22.6. The zero-order chi connectivity index (χ0) is 17.3. The predicted octanol–water partition coefficient (Wildman–Crippen LogP) is 5.34. The van der Waals surface area contributed by atoms with E-state index in [1.54, 1.807) is 0 Å². The molecule has 1 unspecified atom stereocenters. The lowest BCUT2D eigenvalue weighted by atomic mass is 9.95. The number of carboxylic acids is 1. The minimum absolute atomic E-state index is 0.0273. The van der Waals surface area contributed by atoms with E-state index in [-0.39, 0.29) is 18.3 Å². The van der Waals surface area contributed by atoms with Crippen LogP contribution in [0.25, 0.3) is 0 Å². The summed E-state index contributed by atoms with van der Waals surface area (Å²) in [6, 6.07) is 0. The second-order valence-corrected chi connectivity index (χ2v) is 6.41. The molecule has 0 aliphatic heterocycles. The summed E-state index contributed by atoms with van der Waals surface area (Å²) in [5.41, 5.74) is 0. The SMILES string of the molecule is CCCCCCC(CCCC)C(=O)OCCCCCCC(=O)O. The van der Waals surface area contributed by atoms with Crippen LogP contribution in [0.15, 0.2) is 0 Å². The maximum atomic E-state index is 12.2. The number of unbranched alkanes of at least 4 members (excludes halogenated alkanes) is 7. The van der Waals surface area contributed by atoms with Gasteiger partial charge in [-0.2, -0.15) is 0 Å². The van der Waals surface area contributed by atoms with Crippen LogP contribution in [0.1, 0.15) is 97.3 Å². The molecule has 4 nitrogen and oxygen atoms in total. The van der Waals surface area contributed by atoms with E-state index in [9.17, 15) is 9.59 Å². The molecule has 136 valence electrons. The lowest BCUT2D eigenvalue weighted by Crippen LogP contribution is -2.18. The Bertz CT molecular complexity index is 302. The van der Waals surface area contributed by atoms with Gasteiger partial charge in [-0.3, -0.25) is 9.59 Å². The molecular formula is C19H36O4. The molecule has 0 aromatic rings. The van der Waals surface area contributed by atoms with Gasteiger partial charge in [0.05, 0.1) is 12.5 Å². The molecule has 0 radical (unpaired) electrons. The minimum atomic E-state index is -0.738. The average Bonchev–Trinajstić information content (AvgIpc) is 2.52. The van der Waals surface area contributed by atoms with Crippen LogP contribution in [0.4, 0.5) is 0 Å². The third-order valence-corrected chi connectivity index (χ3v) is 4.17. The Kier molecular flexibility index (Phi) is 15.1. The van der Waals surface area contributed by atoms with Crippen LogP contribution >= 0.6 is 0 Å². The van der Waals surface area contributed by atoms with Gasteiger partial charge in [0.15, 0.2) is 0 Å². The average molecular weight is 328 g/mol. The molecule has 0 aromatic heterocycles. The number of aliphatic carboxylic acids is 1. The number of hydrogen-bond acceptors (Lipinski definition) is 3. The first-order valence-electron chi connectivity index (χ1n) is 9.50. The molecule has 0 aliphatic carbocycles. The summed E-state index contributed by atoms with van der Waals surface area (Å²) in [7, 11) is 0. The molecule has 1 atom stereocenters. The van der Waals surface area contributed by atoms with Crippen molar-refractivity contribution >= 4 is 11.9 Å². The maximum absolute atomic E-state index is 12.2. The smallest absolute Gasteiger partial charge is 0.308 e. The molecular weight excluding hydrogens is 292 g/mol. The van der Waals surface area contributed by atoms with Crippen LogP contribution < -0.4 is 0 Å². The first-order chi connectivity index (χ1) is 11.1. The highest BCUT2D eigenvalue weighted by Gasteiger charge is 2.18. The zero-order valence-electron chi connectivity index (χ0n) is 15.1. The molecule has 0 heterocycles. The van der Waals surface area contributed by atoms with Gasteiger partial charge in [0, 0.05) is 6.42 Å². The van der Waals surface area contributed by atoms with Crippen LogP contribution in [-0.4, -0.2) is 23.7 Å². The molecule has 0 rings (SSSR count). The van der Waals surface area contributed by atoms with E-state index >= 15 is 0 Å². The number of hydrogen-bond donors (Lipinski definition) is 1. The molecule has 0 saturated heterocycles. The second kappa shape index (κ2) is 15.8. The summed E-state index contributed by atoms with van der Waals surface area (Å²) in [5, 5.41) is 8.56. The van der Waals surface area contributed by atoms with Crippen molar-refractivity contribution in [3.63, 3.8) is 0 Å². The van der Waals surface area contributed by atoms with Crippen molar-refractivity contribution in [3.8, 4) is 0 Å². The van der Waals surface area contributed by atoms with Gasteiger partial charge >= 0.3 is 11.9 Å². The van der Waals surface area contributed by atoms with Crippen molar-refractivity contribution < 1.29 is 19.4 Å². The summed E-state index contributed by atoms with van der Waals surface area (Å²) in [6.07, 6.45) is 12.5. The molecule has 0 bridgehead atoms. The van der Waals surface area contributed by atoms with Gasteiger partial charge < -0.3 is 9.84 Å². The summed E-state index contributed by atoms with van der Waals surface area (Å²) in [5.74, 6) is -0.697. The molecule has 0 fully saturated rings. The quantitative estimate of drug-likeness (QED) is 0.307. The van der Waals surface area contributed by atoms with Crippen molar-refractivity contribution in [1.82, 2.24) is 0 Å². The van der Waals surface area contributed by atoms with Gasteiger partial charge in [-0.25, -0.2) is 0 Å². The van der Waals surface area contributed by atoms with Gasteiger partial charge in [0.25, 0.3) is 0 Å². The first kappa shape index (κ1) is 21.9. The van der Waals surface area contributed by atoms with E-state index in [1.807, 2.05) is 0 Å². The van der Waals surface area contributed by atoms with Crippen LogP contribution in [0.3, 0.4) is 0 Å². The molecule has 0 saturated carbocycles. The van der Waals surface area contributed by atoms with Crippen LogP contribution in [0.5, 0.6) is 0 Å². The zero-order valence-corrected chi connectivity index (χ0v) is 15.1. The van der Waals surface area contributed by atoms with Gasteiger partial charge in [0.1, 0.15) is 0 Å². The van der Waals surface area contributed by atoms with Gasteiger partial charge in [0.2, 0.25) is 0 Å². The monoisotopic (exact) mass is 328 g/mol. The van der Waals surface area contributed by atoms with Crippen molar-refractivity contribution in [2.75, 3.05) is 6.61 Å². The van der Waals surface area contributed by atoms with E-state index in [1.165, 1.54) is 19.3 Å². The lowest BCUT2D eigenvalue weighted by molar-refractivity contribution is -0.149. The van der Waals surface area contributed by atoms with E-state index in [2.05, 4.69) is 13.8 Å². The second-order valence-electron chi connectivity index (χ2n) is 6.41. The number of carboxylic acid groups (broad SMARTS) is 1. The molecule has 1 N–H and O–H groups in total.